The molecule has 0 saturated heterocycles. The summed E-state index contributed by atoms with van der Waals surface area (Å²) < 4.78 is 5.51. The second-order valence-corrected chi connectivity index (χ2v) is 3.64. The number of allylic oxidation sites excluding steroid dienone is 4. The molecule has 0 unspecified atom stereocenters. The molecule has 0 heterocycles. The summed E-state index contributed by atoms with van der Waals surface area (Å²) in [6.45, 7) is 0. The molecule has 0 aromatic carbocycles. The first-order chi connectivity index (χ1) is 6.42. The van der Waals surface area contributed by atoms with Crippen molar-refractivity contribution in [3.8, 4) is 0 Å². The minimum atomic E-state index is 0. The van der Waals surface area contributed by atoms with E-state index in [0.717, 1.165) is 0 Å². The quantitative estimate of drug-likeness (QED) is 0.471. The number of halogens is 3. The van der Waals surface area contributed by atoms with Crippen LogP contribution in [0, 0.1) is 11.8 Å². The second kappa shape index (κ2) is 9.53. The van der Waals surface area contributed by atoms with Gasteiger partial charge in [0, 0.05) is 0 Å². The normalized spacial score (nSPS) is 17.4. The van der Waals surface area contributed by atoms with Crippen LogP contribution in [0.25, 0.3) is 0 Å². The molecule has 16 heavy (non-hydrogen) atoms. The Morgan fingerprint density at radius 3 is 1.31 bits per heavy atom. The summed E-state index contributed by atoms with van der Waals surface area (Å²) in [5.74, 6) is 0.866. The molecule has 0 amide bonds. The van der Waals surface area contributed by atoms with E-state index in [-0.39, 0.29) is 43.3 Å². The third-order valence-electron chi connectivity index (χ3n) is 2.45. The van der Waals surface area contributed by atoms with Gasteiger partial charge in [-0.2, -0.15) is 0 Å². The third-order valence-corrected chi connectivity index (χ3v) is 2.88. The number of hydrogen-bond acceptors (Lipinski definition) is 1. The van der Waals surface area contributed by atoms with Gasteiger partial charge in [-0.25, -0.2) is 0 Å². The molecule has 0 aliphatic heterocycles. The van der Waals surface area contributed by atoms with E-state index in [4.69, 9.17) is 3.32 Å². The van der Waals surface area contributed by atoms with Crippen LogP contribution < -0.4 is 37.2 Å². The summed E-state index contributed by atoms with van der Waals surface area (Å²) in [6.07, 6.45) is 17.3. The van der Waals surface area contributed by atoms with Gasteiger partial charge < -0.3 is 37.2 Å². The monoisotopic (exact) mass is 312 g/mol. The zero-order chi connectivity index (χ0) is 9.10. The van der Waals surface area contributed by atoms with Crippen LogP contribution in [0.5, 0.6) is 0 Å². The fourth-order valence-electron chi connectivity index (χ4n) is 1.75. The van der Waals surface area contributed by atoms with E-state index in [1.54, 1.807) is 20.8 Å². The first kappa shape index (κ1) is 18.9. The summed E-state index contributed by atoms with van der Waals surface area (Å²) in [6, 6.07) is 0. The van der Waals surface area contributed by atoms with Gasteiger partial charge in [-0.3, -0.25) is 0 Å². The van der Waals surface area contributed by atoms with Crippen molar-refractivity contribution in [1.29, 1.82) is 0 Å². The first-order valence-corrected chi connectivity index (χ1v) is 5.08. The number of rotatable bonds is 3. The maximum atomic E-state index is 5.51. The molecular formula is C11H11Cl3OTi. The Labute approximate surface area is 127 Å². The Bertz CT molecular complexity index is 248. The zero-order valence-electron chi connectivity index (χ0n) is 8.39. The molecule has 2 rings (SSSR count). The molecule has 0 fully saturated rings. The van der Waals surface area contributed by atoms with E-state index in [1.807, 2.05) is 0 Å². The third kappa shape index (κ3) is 4.41. The van der Waals surface area contributed by atoms with Crippen molar-refractivity contribution in [2.24, 2.45) is 11.8 Å². The predicted octanol–water partition coefficient (Wildman–Crippen LogP) is -6.67. The molecule has 0 N–H and O–H groups in total. The van der Waals surface area contributed by atoms with Crippen LogP contribution in [-0.2, 0) is 24.1 Å². The van der Waals surface area contributed by atoms with Crippen molar-refractivity contribution in [2.75, 3.05) is 0 Å². The van der Waals surface area contributed by atoms with E-state index in [0.29, 0.717) is 11.8 Å². The van der Waals surface area contributed by atoms with Gasteiger partial charge in [0.1, 0.15) is 0 Å². The molecule has 0 bridgehead atoms. The summed E-state index contributed by atoms with van der Waals surface area (Å²) in [5.41, 5.74) is 0. The van der Waals surface area contributed by atoms with E-state index in [9.17, 15) is 0 Å². The van der Waals surface area contributed by atoms with Crippen molar-refractivity contribution in [1.82, 2.24) is 0 Å². The van der Waals surface area contributed by atoms with E-state index < -0.39 is 0 Å². The van der Waals surface area contributed by atoms with Crippen molar-refractivity contribution in [2.45, 2.75) is 6.10 Å². The van der Waals surface area contributed by atoms with Crippen LogP contribution in [-0.4, -0.2) is 6.10 Å². The van der Waals surface area contributed by atoms with Gasteiger partial charge in [-0.15, -0.1) is 0 Å². The Kier molecular flexibility index (Phi) is 11.2. The van der Waals surface area contributed by atoms with Gasteiger partial charge in [0.25, 0.3) is 0 Å². The topological polar surface area (TPSA) is 9.23 Å². The molecule has 2 aliphatic rings. The van der Waals surface area contributed by atoms with Crippen LogP contribution in [0.15, 0.2) is 48.6 Å². The van der Waals surface area contributed by atoms with E-state index in [2.05, 4.69) is 48.6 Å². The second-order valence-electron chi connectivity index (χ2n) is 3.28. The first-order valence-electron chi connectivity index (χ1n) is 4.44. The molecule has 0 saturated carbocycles. The standard InChI is InChI=1S/C11H11O.3ClH.Ti/c12-11(9-5-1-2-6-9)10-7-3-4-8-10;;;;/h1-11H;3*1H;/q-1;;;;+4/p-3. The van der Waals surface area contributed by atoms with Gasteiger partial charge in [0.15, 0.2) is 0 Å². The molecule has 2 aliphatic carbocycles. The molecule has 5 heteroatoms. The van der Waals surface area contributed by atoms with E-state index in [1.165, 1.54) is 0 Å². The fraction of sp³-hybridized carbons (Fsp3) is 0.273. The molecule has 0 radical (unpaired) electrons. The summed E-state index contributed by atoms with van der Waals surface area (Å²) in [5, 5.41) is 0. The molecule has 0 spiro atoms. The van der Waals surface area contributed by atoms with Crippen LogP contribution in [0.4, 0.5) is 0 Å². The average Bonchev–Trinajstić information content (AvgIpc) is 2.76. The van der Waals surface area contributed by atoms with Crippen LogP contribution >= 0.6 is 0 Å². The van der Waals surface area contributed by atoms with Crippen molar-refractivity contribution >= 4 is 0 Å². The van der Waals surface area contributed by atoms with Gasteiger partial charge in [-0.1, -0.05) is 0 Å². The van der Waals surface area contributed by atoms with E-state index >= 15 is 0 Å². The van der Waals surface area contributed by atoms with Crippen LogP contribution in [0.3, 0.4) is 0 Å². The molecular weight excluding hydrogens is 302 g/mol. The summed E-state index contributed by atoms with van der Waals surface area (Å²) in [7, 11) is 0. The van der Waals surface area contributed by atoms with Crippen LogP contribution in [0.1, 0.15) is 0 Å². The molecule has 0 aromatic heterocycles. The summed E-state index contributed by atoms with van der Waals surface area (Å²) in [4.78, 5) is 0. The fourth-order valence-corrected chi connectivity index (χ4v) is 2.24. The van der Waals surface area contributed by atoms with Crippen molar-refractivity contribution in [3.05, 3.63) is 48.6 Å². The molecule has 0 aromatic rings. The van der Waals surface area contributed by atoms with Crippen molar-refractivity contribution in [3.63, 3.8) is 0 Å². The predicted molar refractivity (Wildman–Crippen MR) is 48.4 cm³/mol. The molecule has 86 valence electrons. The minimum absolute atomic E-state index is 0. The molecule has 0 atom stereocenters. The number of hydrogen-bond donors (Lipinski definition) is 0. The molecule has 1 nitrogen and oxygen atoms in total. The van der Waals surface area contributed by atoms with Gasteiger partial charge >= 0.3 is 90.7 Å². The van der Waals surface area contributed by atoms with Crippen LogP contribution in [0.2, 0.25) is 0 Å². The maximum absolute atomic E-state index is 5.51. The van der Waals surface area contributed by atoms with Gasteiger partial charge in [-0.05, 0) is 0 Å². The van der Waals surface area contributed by atoms with Gasteiger partial charge in [0.2, 0.25) is 0 Å². The summed E-state index contributed by atoms with van der Waals surface area (Å²) >= 11 is 1.78. The Morgan fingerprint density at radius 1 is 0.750 bits per heavy atom. The Morgan fingerprint density at radius 2 is 1.06 bits per heavy atom. The Balaban J connectivity index is 0. The SMILES string of the molecule is [Cl-].[Cl-].[Cl-].[Ti+3][O]C(C1C=CC=C1)C1C=CC=C1. The average molecular weight is 313 g/mol. The zero-order valence-corrected chi connectivity index (χ0v) is 12.2. The van der Waals surface area contributed by atoms with Crippen molar-refractivity contribution < 1.29 is 61.4 Å². The van der Waals surface area contributed by atoms with Gasteiger partial charge in [0.05, 0.1) is 0 Å². The Hall–Kier alpha value is 0.504.